The third-order valence-electron chi connectivity index (χ3n) is 4.03. The highest BCUT2D eigenvalue weighted by Gasteiger charge is 2.22. The molecule has 1 aromatic rings. The number of nitrogens with two attached hydrogens (primary N) is 1. The number of benzene rings is 1. The van der Waals surface area contributed by atoms with Gasteiger partial charge in [0.15, 0.2) is 11.5 Å². The first-order valence-electron chi connectivity index (χ1n) is 7.24. The van der Waals surface area contributed by atoms with Gasteiger partial charge in [-0.05, 0) is 25.5 Å². The molecule has 1 aliphatic carbocycles. The van der Waals surface area contributed by atoms with Crippen LogP contribution in [0.15, 0.2) is 12.1 Å². The molecule has 4 nitrogen and oxygen atoms in total. The number of nitrogens with one attached hydrogen (secondary N) is 1. The van der Waals surface area contributed by atoms with Crippen LogP contribution in [0.2, 0.25) is 0 Å². The van der Waals surface area contributed by atoms with Crippen LogP contribution in [0.4, 0.5) is 11.4 Å². The second-order valence-electron chi connectivity index (χ2n) is 5.45. The molecule has 5 heteroatoms. The molecule has 2 aliphatic rings. The minimum absolute atomic E-state index is 0.506. The SMILES string of the molecule is CSC1CCCC(Nc2cc3c(cc2N)OCCO3)C1. The van der Waals surface area contributed by atoms with E-state index in [4.69, 9.17) is 15.2 Å². The van der Waals surface area contributed by atoms with E-state index in [2.05, 4.69) is 11.6 Å². The lowest BCUT2D eigenvalue weighted by atomic mass is 9.94. The van der Waals surface area contributed by atoms with Gasteiger partial charge in [0.05, 0.1) is 11.4 Å². The van der Waals surface area contributed by atoms with Crippen LogP contribution in [0.25, 0.3) is 0 Å². The molecule has 1 aromatic carbocycles. The van der Waals surface area contributed by atoms with Crippen molar-refractivity contribution in [2.45, 2.75) is 37.0 Å². The van der Waals surface area contributed by atoms with Crippen molar-refractivity contribution in [2.24, 2.45) is 0 Å². The Labute approximate surface area is 124 Å². The molecule has 1 fully saturated rings. The Morgan fingerprint density at radius 1 is 1.20 bits per heavy atom. The van der Waals surface area contributed by atoms with Crippen LogP contribution < -0.4 is 20.5 Å². The zero-order valence-electron chi connectivity index (χ0n) is 11.9. The Morgan fingerprint density at radius 2 is 1.95 bits per heavy atom. The summed E-state index contributed by atoms with van der Waals surface area (Å²) in [6.07, 6.45) is 7.23. The standard InChI is InChI=1S/C15H22N2O2S/c1-20-11-4-2-3-10(7-11)17-13-9-15-14(8-12(13)16)18-5-6-19-15/h8-11,17H,2-7,16H2,1H3. The quantitative estimate of drug-likeness (QED) is 0.839. The summed E-state index contributed by atoms with van der Waals surface area (Å²) in [6.45, 7) is 1.20. The molecular weight excluding hydrogens is 272 g/mol. The fraction of sp³-hybridized carbons (Fsp3) is 0.600. The first kappa shape index (κ1) is 13.7. The highest BCUT2D eigenvalue weighted by molar-refractivity contribution is 7.99. The van der Waals surface area contributed by atoms with E-state index in [1.54, 1.807) is 0 Å². The van der Waals surface area contributed by atoms with Crippen LogP contribution in [0.5, 0.6) is 11.5 Å². The topological polar surface area (TPSA) is 56.5 Å². The fourth-order valence-electron chi connectivity index (χ4n) is 2.94. The smallest absolute Gasteiger partial charge is 0.163 e. The maximum atomic E-state index is 6.13. The van der Waals surface area contributed by atoms with E-state index in [-0.39, 0.29) is 0 Å². The lowest BCUT2D eigenvalue weighted by Crippen LogP contribution is -2.29. The predicted molar refractivity (Wildman–Crippen MR) is 85.0 cm³/mol. The van der Waals surface area contributed by atoms with E-state index >= 15 is 0 Å². The Bertz CT molecular complexity index is 481. The van der Waals surface area contributed by atoms with Gasteiger partial charge in [0, 0.05) is 23.4 Å². The first-order chi connectivity index (χ1) is 9.76. The zero-order valence-corrected chi connectivity index (χ0v) is 12.7. The highest BCUT2D eigenvalue weighted by Crippen LogP contribution is 2.38. The van der Waals surface area contributed by atoms with Gasteiger partial charge in [0.1, 0.15) is 13.2 Å². The molecule has 1 saturated carbocycles. The van der Waals surface area contributed by atoms with Gasteiger partial charge in [-0.2, -0.15) is 11.8 Å². The van der Waals surface area contributed by atoms with Gasteiger partial charge >= 0.3 is 0 Å². The van der Waals surface area contributed by atoms with Crippen molar-refractivity contribution in [3.8, 4) is 11.5 Å². The summed E-state index contributed by atoms with van der Waals surface area (Å²) in [6, 6.07) is 4.35. The van der Waals surface area contributed by atoms with E-state index in [9.17, 15) is 0 Å². The molecule has 2 atom stereocenters. The van der Waals surface area contributed by atoms with Crippen LogP contribution in [0.3, 0.4) is 0 Å². The van der Waals surface area contributed by atoms with Crippen molar-refractivity contribution in [3.05, 3.63) is 12.1 Å². The van der Waals surface area contributed by atoms with E-state index in [1.165, 1.54) is 25.7 Å². The molecule has 20 heavy (non-hydrogen) atoms. The maximum Gasteiger partial charge on any atom is 0.163 e. The molecule has 1 aliphatic heterocycles. The van der Waals surface area contributed by atoms with E-state index < -0.39 is 0 Å². The average molecular weight is 294 g/mol. The molecule has 0 aromatic heterocycles. The van der Waals surface area contributed by atoms with Gasteiger partial charge < -0.3 is 20.5 Å². The minimum atomic E-state index is 0.506. The Balaban J connectivity index is 1.73. The Morgan fingerprint density at radius 3 is 2.70 bits per heavy atom. The van der Waals surface area contributed by atoms with Crippen molar-refractivity contribution in [1.29, 1.82) is 0 Å². The molecule has 0 saturated heterocycles. The molecule has 0 bridgehead atoms. The van der Waals surface area contributed by atoms with Crippen molar-refractivity contribution in [3.63, 3.8) is 0 Å². The largest absolute Gasteiger partial charge is 0.486 e. The van der Waals surface area contributed by atoms with Gasteiger partial charge in [-0.3, -0.25) is 0 Å². The van der Waals surface area contributed by atoms with Crippen LogP contribution >= 0.6 is 11.8 Å². The van der Waals surface area contributed by atoms with E-state index in [1.807, 2.05) is 23.9 Å². The maximum absolute atomic E-state index is 6.13. The summed E-state index contributed by atoms with van der Waals surface area (Å²) in [5.41, 5.74) is 7.84. The summed E-state index contributed by atoms with van der Waals surface area (Å²) in [7, 11) is 0. The minimum Gasteiger partial charge on any atom is -0.486 e. The number of anilines is 2. The molecule has 110 valence electrons. The van der Waals surface area contributed by atoms with Gasteiger partial charge in [0.25, 0.3) is 0 Å². The molecule has 2 unspecified atom stereocenters. The van der Waals surface area contributed by atoms with Crippen LogP contribution in [0, 0.1) is 0 Å². The number of ether oxygens (including phenoxy) is 2. The number of hydrogen-bond acceptors (Lipinski definition) is 5. The Kier molecular flexibility index (Phi) is 4.15. The molecule has 0 spiro atoms. The van der Waals surface area contributed by atoms with Crippen molar-refractivity contribution >= 4 is 23.1 Å². The third kappa shape index (κ3) is 2.92. The van der Waals surface area contributed by atoms with E-state index in [0.29, 0.717) is 19.3 Å². The number of nitrogen functional groups attached to an aromatic ring is 1. The summed E-state index contributed by atoms with van der Waals surface area (Å²) in [5.74, 6) is 1.55. The summed E-state index contributed by atoms with van der Waals surface area (Å²) < 4.78 is 11.2. The lowest BCUT2D eigenvalue weighted by molar-refractivity contribution is 0.172. The number of fused-ring (bicyclic) bond motifs is 1. The zero-order chi connectivity index (χ0) is 13.9. The van der Waals surface area contributed by atoms with Crippen LogP contribution in [-0.4, -0.2) is 30.8 Å². The van der Waals surface area contributed by atoms with Crippen molar-refractivity contribution < 1.29 is 9.47 Å². The predicted octanol–water partition coefficient (Wildman–Crippen LogP) is 3.13. The second-order valence-corrected chi connectivity index (χ2v) is 6.59. The molecule has 0 amide bonds. The number of hydrogen-bond donors (Lipinski definition) is 2. The van der Waals surface area contributed by atoms with Gasteiger partial charge in [-0.15, -0.1) is 0 Å². The van der Waals surface area contributed by atoms with Crippen LogP contribution in [-0.2, 0) is 0 Å². The number of rotatable bonds is 3. The monoisotopic (exact) mass is 294 g/mol. The van der Waals surface area contributed by atoms with E-state index in [0.717, 1.165) is 28.1 Å². The summed E-state index contributed by atoms with van der Waals surface area (Å²) in [5, 5.41) is 4.35. The third-order valence-corrected chi connectivity index (χ3v) is 5.13. The molecule has 1 heterocycles. The lowest BCUT2D eigenvalue weighted by Gasteiger charge is -2.30. The van der Waals surface area contributed by atoms with Gasteiger partial charge in [-0.1, -0.05) is 6.42 Å². The Hall–Kier alpha value is -1.23. The summed E-state index contributed by atoms with van der Waals surface area (Å²) in [4.78, 5) is 0. The first-order valence-corrected chi connectivity index (χ1v) is 8.53. The molecule has 0 radical (unpaired) electrons. The fourth-order valence-corrected chi connectivity index (χ4v) is 3.77. The van der Waals surface area contributed by atoms with Gasteiger partial charge in [0.2, 0.25) is 0 Å². The second kappa shape index (κ2) is 6.04. The van der Waals surface area contributed by atoms with Crippen molar-refractivity contribution in [1.82, 2.24) is 0 Å². The normalized spacial score (nSPS) is 25.2. The van der Waals surface area contributed by atoms with Crippen molar-refractivity contribution in [2.75, 3.05) is 30.5 Å². The average Bonchev–Trinajstić information content (AvgIpc) is 2.48. The molecule has 3 rings (SSSR count). The molecule has 3 N–H and O–H groups in total. The highest BCUT2D eigenvalue weighted by atomic mass is 32.2. The number of thioether (sulfide) groups is 1. The van der Waals surface area contributed by atoms with Crippen LogP contribution in [0.1, 0.15) is 25.7 Å². The van der Waals surface area contributed by atoms with Gasteiger partial charge in [-0.25, -0.2) is 0 Å². The molecular formula is C15H22N2O2S. The summed E-state index contributed by atoms with van der Waals surface area (Å²) >= 11 is 1.97.